The normalized spacial score (nSPS) is 20.6. The van der Waals surface area contributed by atoms with Crippen molar-refractivity contribution in [1.29, 1.82) is 0 Å². The highest BCUT2D eigenvalue weighted by molar-refractivity contribution is 5.99. The number of amides is 1. The lowest BCUT2D eigenvalue weighted by molar-refractivity contribution is -0.118. The van der Waals surface area contributed by atoms with Crippen molar-refractivity contribution >= 4 is 22.4 Å². The molecule has 20 heavy (non-hydrogen) atoms. The monoisotopic (exact) mass is 267 g/mol. The third-order valence-corrected chi connectivity index (χ3v) is 4.32. The number of rotatable bonds is 2. The minimum atomic E-state index is -0.298. The van der Waals surface area contributed by atoms with Gasteiger partial charge in [-0.05, 0) is 42.2 Å². The molecule has 2 aromatic rings. The van der Waals surface area contributed by atoms with E-state index in [0.717, 1.165) is 24.9 Å². The number of carbonyl (C=O) groups excluding carboxylic acids is 1. The molecular formula is C16H17N3O. The first-order valence-electron chi connectivity index (χ1n) is 7.07. The predicted octanol–water partition coefficient (Wildman–Crippen LogP) is 1.43. The van der Waals surface area contributed by atoms with Gasteiger partial charge in [0.05, 0.1) is 0 Å². The molecule has 4 rings (SSSR count). The number of aromatic nitrogens is 1. The molecule has 2 heterocycles. The quantitative estimate of drug-likeness (QED) is 0.864. The molecule has 0 unspecified atom stereocenters. The highest BCUT2D eigenvalue weighted by Gasteiger charge is 2.28. The van der Waals surface area contributed by atoms with E-state index in [9.17, 15) is 4.79 Å². The maximum Gasteiger partial charge on any atom is 0.237 e. The van der Waals surface area contributed by atoms with Crippen LogP contribution in [-0.4, -0.2) is 23.1 Å². The zero-order valence-electron chi connectivity index (χ0n) is 11.2. The maximum atomic E-state index is 11.2. The molecule has 1 amide bonds. The number of primary amides is 1. The van der Waals surface area contributed by atoms with Gasteiger partial charge >= 0.3 is 0 Å². The van der Waals surface area contributed by atoms with Crippen molar-refractivity contribution in [2.75, 3.05) is 6.54 Å². The Morgan fingerprint density at radius 3 is 3.20 bits per heavy atom. The SMILES string of the molecule is NC(=O)Cn1cc2c3c(cccc31)C1=CCCN[C@@H]1C2. The Morgan fingerprint density at radius 2 is 2.35 bits per heavy atom. The average Bonchev–Trinajstić information content (AvgIpc) is 2.78. The molecule has 3 N–H and O–H groups in total. The van der Waals surface area contributed by atoms with Crippen molar-refractivity contribution in [2.24, 2.45) is 5.73 Å². The van der Waals surface area contributed by atoms with Crippen molar-refractivity contribution < 1.29 is 4.79 Å². The second-order valence-corrected chi connectivity index (χ2v) is 5.61. The highest BCUT2D eigenvalue weighted by atomic mass is 16.1. The van der Waals surface area contributed by atoms with Gasteiger partial charge in [0.1, 0.15) is 6.54 Å². The molecule has 1 aliphatic heterocycles. The third kappa shape index (κ3) is 1.61. The molecule has 0 saturated heterocycles. The fourth-order valence-electron chi connectivity index (χ4n) is 3.57. The standard InChI is InChI=1S/C16H17N3O/c17-15(20)9-19-8-10-7-13-11(4-2-6-18-13)12-3-1-5-14(19)16(10)12/h1,3-5,8,13,18H,2,6-7,9H2,(H2,17,20)/t13-/m1/s1. The molecule has 0 saturated carbocycles. The first-order valence-corrected chi connectivity index (χ1v) is 7.07. The number of carbonyl (C=O) groups is 1. The summed E-state index contributed by atoms with van der Waals surface area (Å²) in [5, 5.41) is 4.88. The molecule has 4 heteroatoms. The molecule has 1 aliphatic carbocycles. The molecule has 1 aromatic carbocycles. The number of fused-ring (bicyclic) bond motifs is 2. The van der Waals surface area contributed by atoms with Crippen LogP contribution in [0.25, 0.3) is 16.5 Å². The smallest absolute Gasteiger partial charge is 0.237 e. The van der Waals surface area contributed by atoms with Gasteiger partial charge in [0.2, 0.25) is 5.91 Å². The Bertz CT molecular complexity index is 742. The molecule has 0 fully saturated rings. The van der Waals surface area contributed by atoms with E-state index in [4.69, 9.17) is 5.73 Å². The van der Waals surface area contributed by atoms with E-state index >= 15 is 0 Å². The number of nitrogens with zero attached hydrogens (tertiary/aromatic N) is 1. The van der Waals surface area contributed by atoms with Crippen molar-refractivity contribution in [2.45, 2.75) is 25.4 Å². The van der Waals surface area contributed by atoms with Crippen LogP contribution < -0.4 is 11.1 Å². The van der Waals surface area contributed by atoms with Gasteiger partial charge < -0.3 is 15.6 Å². The summed E-state index contributed by atoms with van der Waals surface area (Å²) in [7, 11) is 0. The van der Waals surface area contributed by atoms with Crippen LogP contribution in [0.3, 0.4) is 0 Å². The Hall–Kier alpha value is -2.07. The second kappa shape index (κ2) is 4.21. The summed E-state index contributed by atoms with van der Waals surface area (Å²) < 4.78 is 1.98. The number of nitrogens with two attached hydrogens (primary N) is 1. The van der Waals surface area contributed by atoms with E-state index in [-0.39, 0.29) is 12.5 Å². The predicted molar refractivity (Wildman–Crippen MR) is 79.2 cm³/mol. The molecule has 4 nitrogen and oxygen atoms in total. The average molecular weight is 267 g/mol. The van der Waals surface area contributed by atoms with Gasteiger partial charge in [-0.1, -0.05) is 18.2 Å². The molecular weight excluding hydrogens is 250 g/mol. The van der Waals surface area contributed by atoms with Crippen LogP contribution >= 0.6 is 0 Å². The van der Waals surface area contributed by atoms with Gasteiger partial charge in [-0.3, -0.25) is 4.79 Å². The Labute approximate surface area is 117 Å². The Morgan fingerprint density at radius 1 is 1.45 bits per heavy atom. The van der Waals surface area contributed by atoms with E-state index in [1.165, 1.54) is 22.1 Å². The zero-order valence-corrected chi connectivity index (χ0v) is 11.2. The fourth-order valence-corrected chi connectivity index (χ4v) is 3.57. The van der Waals surface area contributed by atoms with Crippen LogP contribution in [-0.2, 0) is 17.8 Å². The Kier molecular flexibility index (Phi) is 2.47. The first-order chi connectivity index (χ1) is 9.74. The van der Waals surface area contributed by atoms with E-state index < -0.39 is 0 Å². The molecule has 0 bridgehead atoms. The van der Waals surface area contributed by atoms with E-state index in [1.54, 1.807) is 0 Å². The second-order valence-electron chi connectivity index (χ2n) is 5.61. The van der Waals surface area contributed by atoms with Crippen LogP contribution in [0.4, 0.5) is 0 Å². The van der Waals surface area contributed by atoms with Crippen molar-refractivity contribution in [3.8, 4) is 0 Å². The van der Waals surface area contributed by atoms with E-state index in [1.807, 2.05) is 4.57 Å². The van der Waals surface area contributed by atoms with Gasteiger partial charge in [-0.15, -0.1) is 0 Å². The summed E-state index contributed by atoms with van der Waals surface area (Å²) in [5.41, 5.74) is 10.5. The number of hydrogen-bond donors (Lipinski definition) is 2. The van der Waals surface area contributed by atoms with Crippen LogP contribution in [0.15, 0.2) is 30.5 Å². The number of benzene rings is 1. The summed E-state index contributed by atoms with van der Waals surface area (Å²) in [6.07, 6.45) is 6.51. The van der Waals surface area contributed by atoms with Gasteiger partial charge in [0, 0.05) is 23.1 Å². The molecule has 2 aliphatic rings. The first kappa shape index (κ1) is 11.7. The summed E-state index contributed by atoms with van der Waals surface area (Å²) in [6.45, 7) is 1.29. The number of nitrogens with one attached hydrogen (secondary N) is 1. The largest absolute Gasteiger partial charge is 0.368 e. The van der Waals surface area contributed by atoms with Crippen LogP contribution in [0.5, 0.6) is 0 Å². The lowest BCUT2D eigenvalue weighted by Gasteiger charge is -2.30. The number of hydrogen-bond acceptors (Lipinski definition) is 2. The summed E-state index contributed by atoms with van der Waals surface area (Å²) in [6, 6.07) is 6.73. The van der Waals surface area contributed by atoms with Gasteiger partial charge in [0.25, 0.3) is 0 Å². The molecule has 0 spiro atoms. The fraction of sp³-hybridized carbons (Fsp3) is 0.312. The van der Waals surface area contributed by atoms with Crippen molar-refractivity contribution in [3.05, 3.63) is 41.6 Å². The van der Waals surface area contributed by atoms with Gasteiger partial charge in [-0.2, -0.15) is 0 Å². The minimum absolute atomic E-state index is 0.247. The highest BCUT2D eigenvalue weighted by Crippen LogP contribution is 2.38. The lowest BCUT2D eigenvalue weighted by atomic mass is 9.83. The van der Waals surface area contributed by atoms with Gasteiger partial charge in [-0.25, -0.2) is 0 Å². The van der Waals surface area contributed by atoms with E-state index in [0.29, 0.717) is 6.04 Å². The molecule has 0 radical (unpaired) electrons. The topological polar surface area (TPSA) is 60.1 Å². The maximum absolute atomic E-state index is 11.2. The molecule has 1 aromatic heterocycles. The van der Waals surface area contributed by atoms with Crippen molar-refractivity contribution in [3.63, 3.8) is 0 Å². The van der Waals surface area contributed by atoms with E-state index in [2.05, 4.69) is 35.8 Å². The third-order valence-electron chi connectivity index (χ3n) is 4.32. The summed E-state index contributed by atoms with van der Waals surface area (Å²) in [4.78, 5) is 11.2. The lowest BCUT2D eigenvalue weighted by Crippen LogP contribution is -2.37. The summed E-state index contributed by atoms with van der Waals surface area (Å²) >= 11 is 0. The van der Waals surface area contributed by atoms with Crippen LogP contribution in [0.1, 0.15) is 17.5 Å². The van der Waals surface area contributed by atoms with Crippen LogP contribution in [0, 0.1) is 0 Å². The summed E-state index contributed by atoms with van der Waals surface area (Å²) in [5.74, 6) is -0.298. The van der Waals surface area contributed by atoms with Gasteiger partial charge in [0.15, 0.2) is 0 Å². The Balaban J connectivity index is 1.96. The molecule has 1 atom stereocenters. The minimum Gasteiger partial charge on any atom is -0.368 e. The van der Waals surface area contributed by atoms with Crippen molar-refractivity contribution in [1.82, 2.24) is 9.88 Å². The zero-order chi connectivity index (χ0) is 13.7. The van der Waals surface area contributed by atoms with Crippen LogP contribution in [0.2, 0.25) is 0 Å². The molecule has 102 valence electrons.